The van der Waals surface area contributed by atoms with Crippen LogP contribution in [0.25, 0.3) is 11.4 Å². The molecule has 0 unspecified atom stereocenters. The van der Waals surface area contributed by atoms with Gasteiger partial charge in [0.1, 0.15) is 6.29 Å². The summed E-state index contributed by atoms with van der Waals surface area (Å²) in [7, 11) is -3.88. The predicted molar refractivity (Wildman–Crippen MR) is 107 cm³/mol. The Morgan fingerprint density at radius 2 is 2.03 bits per heavy atom. The number of amides is 1. The smallest absolute Gasteiger partial charge is 0.305 e. The van der Waals surface area contributed by atoms with Crippen LogP contribution in [0.15, 0.2) is 47.5 Å². The van der Waals surface area contributed by atoms with Crippen LogP contribution in [0.2, 0.25) is 0 Å². The van der Waals surface area contributed by atoms with Crippen molar-refractivity contribution in [1.29, 1.82) is 0 Å². The number of aliphatic carboxylic acids is 1. The van der Waals surface area contributed by atoms with E-state index in [9.17, 15) is 22.8 Å². The number of carboxylic acids is 1. The fourth-order valence-corrected chi connectivity index (χ4v) is 3.62. The lowest BCUT2D eigenvalue weighted by Gasteiger charge is -2.11. The van der Waals surface area contributed by atoms with Gasteiger partial charge in [-0.1, -0.05) is 12.1 Å². The first-order valence-corrected chi connectivity index (χ1v) is 10.5. The fourth-order valence-electron chi connectivity index (χ4n) is 2.58. The monoisotopic (exact) mass is 459 g/mol. The number of tetrazole rings is 1. The minimum atomic E-state index is -3.88. The molecule has 166 valence electrons. The standard InChI is InChI=1S/C18H17N7O6S/c26-10-14(7-16(27)28)21-18(29)12-4-5-13(19-8-12)9-20-32(30,31)15-3-1-2-11(6-15)17-22-24-25-23-17/h1-6,8,10,14,20H,7,9H2,(H,21,29)(H,27,28)(H,22,23,24,25)/t14-/m0/s1. The molecule has 4 N–H and O–H groups in total. The van der Waals surface area contributed by atoms with E-state index in [0.29, 0.717) is 17.5 Å². The highest BCUT2D eigenvalue weighted by Gasteiger charge is 2.18. The third-order valence-corrected chi connectivity index (χ3v) is 5.55. The second-order valence-corrected chi connectivity index (χ2v) is 8.21. The Kier molecular flexibility index (Phi) is 6.97. The molecule has 0 aliphatic carbocycles. The van der Waals surface area contributed by atoms with Gasteiger partial charge in [-0.25, -0.2) is 13.1 Å². The molecule has 0 aliphatic heterocycles. The van der Waals surface area contributed by atoms with Gasteiger partial charge in [0.15, 0.2) is 0 Å². The Bertz CT molecular complexity index is 1210. The molecule has 0 saturated heterocycles. The summed E-state index contributed by atoms with van der Waals surface area (Å²) < 4.78 is 27.6. The van der Waals surface area contributed by atoms with Crippen LogP contribution in [-0.2, 0) is 26.2 Å². The first kappa shape index (κ1) is 22.6. The van der Waals surface area contributed by atoms with E-state index >= 15 is 0 Å². The number of carbonyl (C=O) groups is 3. The molecular weight excluding hydrogens is 442 g/mol. The van der Waals surface area contributed by atoms with Gasteiger partial charge in [0, 0.05) is 11.8 Å². The molecule has 1 atom stereocenters. The van der Waals surface area contributed by atoms with Gasteiger partial charge in [-0.15, -0.1) is 10.2 Å². The number of rotatable bonds is 10. The van der Waals surface area contributed by atoms with Crippen LogP contribution in [-0.4, -0.2) is 63.3 Å². The van der Waals surface area contributed by atoms with Crippen molar-refractivity contribution >= 4 is 28.2 Å². The average Bonchev–Trinajstić information content (AvgIpc) is 3.32. The van der Waals surface area contributed by atoms with Crippen molar-refractivity contribution in [2.24, 2.45) is 0 Å². The summed E-state index contributed by atoms with van der Waals surface area (Å²) >= 11 is 0. The minimum absolute atomic E-state index is 0.00543. The van der Waals surface area contributed by atoms with E-state index in [-0.39, 0.29) is 22.8 Å². The van der Waals surface area contributed by atoms with Crippen LogP contribution in [0, 0.1) is 0 Å². The maximum atomic E-state index is 12.6. The number of nitrogens with zero attached hydrogens (tertiary/aromatic N) is 4. The SMILES string of the molecule is O=C[C@H](CC(=O)O)NC(=O)c1ccc(CNS(=O)(=O)c2cccc(-c3nn[nH]n3)c2)nc1. The van der Waals surface area contributed by atoms with Crippen molar-refractivity contribution < 1.29 is 27.9 Å². The van der Waals surface area contributed by atoms with Gasteiger partial charge >= 0.3 is 5.97 Å². The second-order valence-electron chi connectivity index (χ2n) is 6.44. The molecule has 13 nitrogen and oxygen atoms in total. The molecule has 0 saturated carbocycles. The Balaban J connectivity index is 1.63. The third kappa shape index (κ3) is 5.77. The molecule has 1 aromatic carbocycles. The number of aromatic amines is 1. The summed E-state index contributed by atoms with van der Waals surface area (Å²) in [5, 5.41) is 24.3. The number of aldehydes is 1. The lowest BCUT2D eigenvalue weighted by molar-refractivity contribution is -0.138. The number of hydrogen-bond acceptors (Lipinski definition) is 9. The topological polar surface area (TPSA) is 197 Å². The van der Waals surface area contributed by atoms with E-state index < -0.39 is 34.4 Å². The van der Waals surface area contributed by atoms with Crippen molar-refractivity contribution in [1.82, 2.24) is 35.6 Å². The Labute approximate surface area is 181 Å². The number of pyridine rings is 1. The molecule has 14 heteroatoms. The maximum absolute atomic E-state index is 12.6. The number of hydrogen-bond donors (Lipinski definition) is 4. The Morgan fingerprint density at radius 3 is 2.66 bits per heavy atom. The normalized spacial score (nSPS) is 12.1. The second kappa shape index (κ2) is 9.84. The molecule has 0 fully saturated rings. The van der Waals surface area contributed by atoms with Crippen LogP contribution in [0.1, 0.15) is 22.5 Å². The average molecular weight is 459 g/mol. The summed E-state index contributed by atoms with van der Waals surface area (Å²) in [4.78, 5) is 37.7. The fraction of sp³-hybridized carbons (Fsp3) is 0.167. The van der Waals surface area contributed by atoms with Gasteiger partial charge in [-0.05, 0) is 29.5 Å². The molecule has 32 heavy (non-hydrogen) atoms. The summed E-state index contributed by atoms with van der Waals surface area (Å²) in [6.45, 7) is -0.146. The van der Waals surface area contributed by atoms with Gasteiger partial charge < -0.3 is 15.2 Å². The van der Waals surface area contributed by atoms with Crippen LogP contribution in [0.5, 0.6) is 0 Å². The zero-order chi connectivity index (χ0) is 23.1. The van der Waals surface area contributed by atoms with Crippen LogP contribution < -0.4 is 10.0 Å². The molecule has 3 rings (SSSR count). The van der Waals surface area contributed by atoms with E-state index in [1.807, 2.05) is 0 Å². The van der Waals surface area contributed by atoms with Gasteiger partial charge in [0.2, 0.25) is 15.8 Å². The zero-order valence-corrected chi connectivity index (χ0v) is 17.1. The summed E-state index contributed by atoms with van der Waals surface area (Å²) in [5.41, 5.74) is 0.880. The molecule has 0 radical (unpaired) electrons. The number of aromatic nitrogens is 5. The summed E-state index contributed by atoms with van der Waals surface area (Å²) in [6, 6.07) is 7.63. The van der Waals surface area contributed by atoms with Crippen molar-refractivity contribution in [3.63, 3.8) is 0 Å². The highest BCUT2D eigenvalue weighted by molar-refractivity contribution is 7.89. The highest BCUT2D eigenvalue weighted by atomic mass is 32.2. The van der Waals surface area contributed by atoms with Gasteiger partial charge in [-0.3, -0.25) is 14.6 Å². The Morgan fingerprint density at radius 1 is 1.22 bits per heavy atom. The molecule has 3 aromatic rings. The minimum Gasteiger partial charge on any atom is -0.481 e. The van der Waals surface area contributed by atoms with E-state index in [2.05, 4.69) is 35.6 Å². The van der Waals surface area contributed by atoms with Crippen LogP contribution >= 0.6 is 0 Å². The number of carboxylic acid groups (broad SMARTS) is 1. The van der Waals surface area contributed by atoms with E-state index in [4.69, 9.17) is 5.11 Å². The van der Waals surface area contributed by atoms with Crippen molar-refractivity contribution in [3.05, 3.63) is 53.9 Å². The lowest BCUT2D eigenvalue weighted by atomic mass is 10.2. The largest absolute Gasteiger partial charge is 0.481 e. The Hall–Kier alpha value is -4.04. The van der Waals surface area contributed by atoms with Crippen LogP contribution in [0.4, 0.5) is 0 Å². The maximum Gasteiger partial charge on any atom is 0.305 e. The molecule has 2 heterocycles. The number of benzene rings is 1. The van der Waals surface area contributed by atoms with Gasteiger partial charge in [0.25, 0.3) is 5.91 Å². The summed E-state index contributed by atoms with van der Waals surface area (Å²) in [5.74, 6) is -1.66. The number of nitrogens with one attached hydrogen (secondary N) is 3. The van der Waals surface area contributed by atoms with E-state index in [1.165, 1.54) is 30.5 Å². The number of sulfonamides is 1. The molecule has 2 aromatic heterocycles. The lowest BCUT2D eigenvalue weighted by Crippen LogP contribution is -2.37. The molecule has 1 amide bonds. The van der Waals surface area contributed by atoms with Crippen molar-refractivity contribution in [3.8, 4) is 11.4 Å². The van der Waals surface area contributed by atoms with Crippen LogP contribution in [0.3, 0.4) is 0 Å². The third-order valence-electron chi connectivity index (χ3n) is 4.15. The number of H-pyrrole nitrogens is 1. The molecular formula is C18H17N7O6S. The molecule has 0 spiro atoms. The highest BCUT2D eigenvalue weighted by Crippen LogP contribution is 2.18. The van der Waals surface area contributed by atoms with Crippen molar-refractivity contribution in [2.75, 3.05) is 0 Å². The zero-order valence-electron chi connectivity index (χ0n) is 16.3. The molecule has 0 aliphatic rings. The molecule has 0 bridgehead atoms. The van der Waals surface area contributed by atoms with E-state index in [0.717, 1.165) is 0 Å². The number of carbonyl (C=O) groups excluding carboxylic acids is 2. The van der Waals surface area contributed by atoms with Gasteiger partial charge in [0.05, 0.1) is 35.2 Å². The van der Waals surface area contributed by atoms with Gasteiger partial charge in [-0.2, -0.15) is 5.21 Å². The predicted octanol–water partition coefficient (Wildman–Crippen LogP) is -0.488. The van der Waals surface area contributed by atoms with E-state index in [1.54, 1.807) is 12.1 Å². The quantitative estimate of drug-likeness (QED) is 0.287. The first-order chi connectivity index (χ1) is 15.3. The first-order valence-electron chi connectivity index (χ1n) is 9.05. The summed E-state index contributed by atoms with van der Waals surface area (Å²) in [6.07, 6.45) is 0.977. The van der Waals surface area contributed by atoms with Crippen molar-refractivity contribution in [2.45, 2.75) is 23.9 Å².